The van der Waals surface area contributed by atoms with Crippen LogP contribution in [0.1, 0.15) is 26.7 Å². The van der Waals surface area contributed by atoms with Crippen LogP contribution in [0.15, 0.2) is 11.6 Å². The van der Waals surface area contributed by atoms with Gasteiger partial charge in [0.05, 0.1) is 5.92 Å². The third-order valence-electron chi connectivity index (χ3n) is 2.90. The number of aliphatic carboxylic acids is 1. The van der Waals surface area contributed by atoms with Crippen LogP contribution in [0, 0.1) is 5.92 Å². The van der Waals surface area contributed by atoms with Gasteiger partial charge in [-0.2, -0.15) is 0 Å². The van der Waals surface area contributed by atoms with Gasteiger partial charge in [0.2, 0.25) is 0 Å². The fraction of sp³-hybridized carbons (Fsp3) is 0.727. The lowest BCUT2D eigenvalue weighted by atomic mass is 9.97. The zero-order valence-corrected chi connectivity index (χ0v) is 8.99. The number of rotatable bonds is 3. The van der Waals surface area contributed by atoms with Crippen molar-refractivity contribution in [3.63, 3.8) is 0 Å². The second-order valence-electron chi connectivity index (χ2n) is 4.02. The molecule has 0 atom stereocenters. The smallest absolute Gasteiger partial charge is 0.306 e. The number of hydrogen-bond donors (Lipinski definition) is 1. The molecular formula is C11H19NO2. The summed E-state index contributed by atoms with van der Waals surface area (Å²) in [6.07, 6.45) is 3.71. The number of carboxylic acids is 1. The third kappa shape index (κ3) is 3.14. The first-order valence-electron chi connectivity index (χ1n) is 5.20. The van der Waals surface area contributed by atoms with Gasteiger partial charge in [-0.3, -0.25) is 9.69 Å². The second-order valence-corrected chi connectivity index (χ2v) is 4.02. The SMILES string of the molecule is C/C=C(/C)CN1CCC(C(=O)O)CC1. The highest BCUT2D eigenvalue weighted by molar-refractivity contribution is 5.70. The first-order valence-corrected chi connectivity index (χ1v) is 5.20. The van der Waals surface area contributed by atoms with Crippen molar-refractivity contribution in [3.8, 4) is 0 Å². The Labute approximate surface area is 85.4 Å². The van der Waals surface area contributed by atoms with E-state index in [1.54, 1.807) is 0 Å². The quantitative estimate of drug-likeness (QED) is 0.701. The molecule has 0 spiro atoms. The molecule has 0 aromatic carbocycles. The maximum absolute atomic E-state index is 10.7. The predicted octanol–water partition coefficient (Wildman–Crippen LogP) is 1.75. The number of carbonyl (C=O) groups is 1. The van der Waals surface area contributed by atoms with E-state index in [0.717, 1.165) is 32.5 Å². The fourth-order valence-electron chi connectivity index (χ4n) is 1.78. The molecule has 1 aliphatic heterocycles. The molecule has 0 saturated carbocycles. The summed E-state index contributed by atoms with van der Waals surface area (Å²) in [5, 5.41) is 8.82. The standard InChI is InChI=1S/C11H19NO2/c1-3-9(2)8-12-6-4-10(5-7-12)11(13)14/h3,10H,4-8H2,1-2H3,(H,13,14)/b9-3-. The van der Waals surface area contributed by atoms with E-state index in [1.807, 2.05) is 6.92 Å². The van der Waals surface area contributed by atoms with Gasteiger partial charge in [-0.15, -0.1) is 0 Å². The lowest BCUT2D eigenvalue weighted by Crippen LogP contribution is -2.37. The number of nitrogens with zero attached hydrogens (tertiary/aromatic N) is 1. The van der Waals surface area contributed by atoms with Crippen LogP contribution in [0.25, 0.3) is 0 Å². The molecule has 1 rings (SSSR count). The van der Waals surface area contributed by atoms with Crippen LogP contribution in [0.5, 0.6) is 0 Å². The Kier molecular flexibility index (Phi) is 4.14. The minimum atomic E-state index is -0.632. The number of allylic oxidation sites excluding steroid dienone is 1. The molecule has 0 bridgehead atoms. The molecule has 1 N–H and O–H groups in total. The van der Waals surface area contributed by atoms with Crippen LogP contribution in [-0.4, -0.2) is 35.6 Å². The lowest BCUT2D eigenvalue weighted by Gasteiger charge is -2.30. The van der Waals surface area contributed by atoms with Gasteiger partial charge in [0.25, 0.3) is 0 Å². The molecule has 1 saturated heterocycles. The summed E-state index contributed by atoms with van der Waals surface area (Å²) in [7, 11) is 0. The van der Waals surface area contributed by atoms with Crippen LogP contribution in [0.3, 0.4) is 0 Å². The second kappa shape index (κ2) is 5.15. The topological polar surface area (TPSA) is 40.5 Å². The molecule has 0 aliphatic carbocycles. The molecular weight excluding hydrogens is 178 g/mol. The van der Waals surface area contributed by atoms with Gasteiger partial charge < -0.3 is 5.11 Å². The van der Waals surface area contributed by atoms with Gasteiger partial charge in [-0.05, 0) is 39.8 Å². The normalized spacial score (nSPS) is 21.1. The van der Waals surface area contributed by atoms with Crippen molar-refractivity contribution in [2.24, 2.45) is 5.92 Å². The van der Waals surface area contributed by atoms with Gasteiger partial charge in [0.1, 0.15) is 0 Å². The zero-order valence-electron chi connectivity index (χ0n) is 8.99. The molecule has 3 heteroatoms. The first kappa shape index (κ1) is 11.2. The van der Waals surface area contributed by atoms with Crippen molar-refractivity contribution in [1.29, 1.82) is 0 Å². The minimum absolute atomic E-state index is 0.114. The summed E-state index contributed by atoms with van der Waals surface area (Å²) in [5.74, 6) is -0.746. The molecule has 0 aromatic rings. The van der Waals surface area contributed by atoms with Crippen molar-refractivity contribution >= 4 is 5.97 Å². The van der Waals surface area contributed by atoms with Crippen LogP contribution < -0.4 is 0 Å². The summed E-state index contributed by atoms with van der Waals surface area (Å²) >= 11 is 0. The van der Waals surface area contributed by atoms with E-state index in [1.165, 1.54) is 5.57 Å². The number of piperidine rings is 1. The molecule has 0 aromatic heterocycles. The maximum Gasteiger partial charge on any atom is 0.306 e. The van der Waals surface area contributed by atoms with Gasteiger partial charge >= 0.3 is 5.97 Å². The summed E-state index contributed by atoms with van der Waals surface area (Å²) in [5.41, 5.74) is 1.36. The van der Waals surface area contributed by atoms with Crippen molar-refractivity contribution in [2.75, 3.05) is 19.6 Å². The van der Waals surface area contributed by atoms with E-state index >= 15 is 0 Å². The van der Waals surface area contributed by atoms with Crippen molar-refractivity contribution in [3.05, 3.63) is 11.6 Å². The predicted molar refractivity (Wildman–Crippen MR) is 56.2 cm³/mol. The van der Waals surface area contributed by atoms with Crippen molar-refractivity contribution in [1.82, 2.24) is 4.90 Å². The Morgan fingerprint density at radius 3 is 2.50 bits per heavy atom. The highest BCUT2D eigenvalue weighted by Gasteiger charge is 2.23. The maximum atomic E-state index is 10.7. The molecule has 0 amide bonds. The first-order chi connectivity index (χ1) is 6.63. The van der Waals surface area contributed by atoms with Gasteiger partial charge in [0.15, 0.2) is 0 Å². The Bertz CT molecular complexity index is 227. The van der Waals surface area contributed by atoms with Gasteiger partial charge in [-0.25, -0.2) is 0 Å². The van der Waals surface area contributed by atoms with Gasteiger partial charge in [0, 0.05) is 6.54 Å². The highest BCUT2D eigenvalue weighted by Crippen LogP contribution is 2.17. The summed E-state index contributed by atoms with van der Waals surface area (Å²) in [4.78, 5) is 13.0. The van der Waals surface area contributed by atoms with Crippen molar-refractivity contribution < 1.29 is 9.90 Å². The summed E-state index contributed by atoms with van der Waals surface area (Å²) in [6.45, 7) is 6.98. The monoisotopic (exact) mass is 197 g/mol. The van der Waals surface area contributed by atoms with Crippen LogP contribution in [-0.2, 0) is 4.79 Å². The summed E-state index contributed by atoms with van der Waals surface area (Å²) < 4.78 is 0. The number of carboxylic acid groups (broad SMARTS) is 1. The molecule has 1 fully saturated rings. The van der Waals surface area contributed by atoms with E-state index < -0.39 is 5.97 Å². The number of hydrogen-bond acceptors (Lipinski definition) is 2. The minimum Gasteiger partial charge on any atom is -0.481 e. The molecule has 14 heavy (non-hydrogen) atoms. The van der Waals surface area contributed by atoms with Crippen molar-refractivity contribution in [2.45, 2.75) is 26.7 Å². The lowest BCUT2D eigenvalue weighted by molar-refractivity contribution is -0.143. The Balaban J connectivity index is 2.32. The largest absolute Gasteiger partial charge is 0.481 e. The molecule has 3 nitrogen and oxygen atoms in total. The Morgan fingerprint density at radius 1 is 1.50 bits per heavy atom. The average molecular weight is 197 g/mol. The van der Waals surface area contributed by atoms with Gasteiger partial charge in [-0.1, -0.05) is 11.6 Å². The highest BCUT2D eigenvalue weighted by atomic mass is 16.4. The Hall–Kier alpha value is -0.830. The average Bonchev–Trinajstić information content (AvgIpc) is 2.18. The zero-order chi connectivity index (χ0) is 10.6. The van der Waals surface area contributed by atoms with E-state index in [-0.39, 0.29) is 5.92 Å². The van der Waals surface area contributed by atoms with Crippen LogP contribution in [0.2, 0.25) is 0 Å². The third-order valence-corrected chi connectivity index (χ3v) is 2.90. The summed E-state index contributed by atoms with van der Waals surface area (Å²) in [6, 6.07) is 0. The van der Waals surface area contributed by atoms with E-state index in [9.17, 15) is 4.79 Å². The van der Waals surface area contributed by atoms with E-state index in [0.29, 0.717) is 0 Å². The molecule has 0 radical (unpaired) electrons. The fourth-order valence-corrected chi connectivity index (χ4v) is 1.78. The molecule has 80 valence electrons. The molecule has 1 aliphatic rings. The van der Waals surface area contributed by atoms with Crippen LogP contribution in [0.4, 0.5) is 0 Å². The Morgan fingerprint density at radius 2 is 2.07 bits per heavy atom. The van der Waals surface area contributed by atoms with Crippen LogP contribution >= 0.6 is 0 Å². The van der Waals surface area contributed by atoms with E-state index in [4.69, 9.17) is 5.11 Å². The molecule has 1 heterocycles. The number of likely N-dealkylation sites (tertiary alicyclic amines) is 1. The molecule has 0 unspecified atom stereocenters. The van der Waals surface area contributed by atoms with E-state index in [2.05, 4.69) is 17.9 Å².